The second kappa shape index (κ2) is 5.18. The van der Waals surface area contributed by atoms with Crippen molar-refractivity contribution in [1.29, 1.82) is 0 Å². The molecule has 1 unspecified atom stereocenters. The van der Waals surface area contributed by atoms with Crippen molar-refractivity contribution >= 4 is 11.8 Å². The molecule has 1 aliphatic carbocycles. The lowest BCUT2D eigenvalue weighted by Crippen LogP contribution is -2.36. The van der Waals surface area contributed by atoms with Crippen LogP contribution < -0.4 is 5.32 Å². The Morgan fingerprint density at radius 3 is 2.83 bits per heavy atom. The van der Waals surface area contributed by atoms with Crippen LogP contribution in [0.3, 0.4) is 0 Å². The van der Waals surface area contributed by atoms with E-state index in [0.717, 1.165) is 18.9 Å². The van der Waals surface area contributed by atoms with E-state index < -0.39 is 16.7 Å². The maximum Gasteiger partial charge on any atom is 0.433 e. The van der Waals surface area contributed by atoms with Crippen LogP contribution in [0.25, 0.3) is 0 Å². The molecule has 7 nitrogen and oxygen atoms in total. The number of nitrogens with zero attached hydrogens (tertiary/aromatic N) is 1. The van der Waals surface area contributed by atoms with Gasteiger partial charge < -0.3 is 14.8 Å². The summed E-state index contributed by atoms with van der Waals surface area (Å²) < 4.78 is 4.81. The molecule has 0 bridgehead atoms. The Labute approximate surface area is 103 Å². The minimum atomic E-state index is -0.692. The largest absolute Gasteiger partial charge is 0.433 e. The Kier molecular flexibility index (Phi) is 3.61. The summed E-state index contributed by atoms with van der Waals surface area (Å²) in [4.78, 5) is 21.5. The Hall–Kier alpha value is -1.89. The molecule has 1 aromatic rings. The number of carbonyl (C=O) groups excluding carboxylic acids is 1. The standard InChI is InChI=1S/C11H14N2O5/c14-6-5-8(7-1-2-7)12-11(15)9-3-4-10(18-9)13(16)17/h3-4,7-8,14H,1-2,5-6H2,(H,12,15). The number of hydrogen-bond acceptors (Lipinski definition) is 5. The van der Waals surface area contributed by atoms with E-state index in [1.807, 2.05) is 0 Å². The molecule has 0 spiro atoms. The zero-order valence-electron chi connectivity index (χ0n) is 9.67. The zero-order chi connectivity index (χ0) is 13.1. The molecule has 7 heteroatoms. The van der Waals surface area contributed by atoms with Crippen LogP contribution >= 0.6 is 0 Å². The van der Waals surface area contributed by atoms with E-state index in [1.165, 1.54) is 6.07 Å². The van der Waals surface area contributed by atoms with E-state index in [1.54, 1.807) is 0 Å². The van der Waals surface area contributed by atoms with Crippen LogP contribution in [-0.2, 0) is 0 Å². The van der Waals surface area contributed by atoms with E-state index >= 15 is 0 Å². The van der Waals surface area contributed by atoms with Gasteiger partial charge in [0.1, 0.15) is 4.92 Å². The summed E-state index contributed by atoms with van der Waals surface area (Å²) in [6, 6.07) is 2.33. The SMILES string of the molecule is O=C(NC(CCO)C1CC1)c1ccc([N+](=O)[O-])o1. The van der Waals surface area contributed by atoms with Crippen LogP contribution in [0.15, 0.2) is 16.5 Å². The van der Waals surface area contributed by atoms with Gasteiger partial charge in [-0.15, -0.1) is 0 Å². The Morgan fingerprint density at radius 1 is 1.61 bits per heavy atom. The van der Waals surface area contributed by atoms with Crippen molar-refractivity contribution < 1.29 is 19.2 Å². The fourth-order valence-corrected chi connectivity index (χ4v) is 1.85. The average molecular weight is 254 g/mol. The second-order valence-corrected chi connectivity index (χ2v) is 4.32. The molecule has 98 valence electrons. The van der Waals surface area contributed by atoms with Gasteiger partial charge in [0.25, 0.3) is 5.91 Å². The van der Waals surface area contributed by atoms with Gasteiger partial charge in [-0.2, -0.15) is 0 Å². The Bertz CT molecular complexity index is 452. The maximum absolute atomic E-state index is 11.8. The molecule has 1 aliphatic rings. The minimum Gasteiger partial charge on any atom is -0.396 e. The quantitative estimate of drug-likeness (QED) is 0.583. The third-order valence-electron chi connectivity index (χ3n) is 2.94. The predicted molar refractivity (Wildman–Crippen MR) is 61.0 cm³/mol. The number of aliphatic hydroxyl groups excluding tert-OH is 1. The molecule has 1 atom stereocenters. The van der Waals surface area contributed by atoms with Gasteiger partial charge in [-0.25, -0.2) is 0 Å². The molecule has 0 radical (unpaired) electrons. The first kappa shape index (κ1) is 12.6. The third-order valence-corrected chi connectivity index (χ3v) is 2.94. The molecule has 1 heterocycles. The number of aliphatic hydroxyl groups is 1. The van der Waals surface area contributed by atoms with E-state index in [-0.39, 0.29) is 18.4 Å². The van der Waals surface area contributed by atoms with Crippen LogP contribution in [0.4, 0.5) is 5.88 Å². The van der Waals surface area contributed by atoms with Crippen molar-refractivity contribution in [2.75, 3.05) is 6.61 Å². The first-order valence-electron chi connectivity index (χ1n) is 5.77. The summed E-state index contributed by atoms with van der Waals surface area (Å²) in [5, 5.41) is 22.1. The first-order valence-corrected chi connectivity index (χ1v) is 5.77. The van der Waals surface area contributed by atoms with Crippen LogP contribution in [0.5, 0.6) is 0 Å². The highest BCUT2D eigenvalue weighted by atomic mass is 16.6. The first-order chi connectivity index (χ1) is 8.61. The molecule has 1 amide bonds. The van der Waals surface area contributed by atoms with Gasteiger partial charge in [-0.1, -0.05) is 0 Å². The van der Waals surface area contributed by atoms with E-state index in [0.29, 0.717) is 12.3 Å². The molecule has 1 aromatic heterocycles. The number of amides is 1. The summed E-state index contributed by atoms with van der Waals surface area (Å²) in [6.45, 7) is -0.000249. The van der Waals surface area contributed by atoms with Gasteiger partial charge in [-0.3, -0.25) is 14.9 Å². The average Bonchev–Trinajstić information content (AvgIpc) is 3.04. The van der Waals surface area contributed by atoms with Crippen molar-refractivity contribution in [1.82, 2.24) is 5.32 Å². The van der Waals surface area contributed by atoms with Gasteiger partial charge in [0.2, 0.25) is 0 Å². The summed E-state index contributed by atoms with van der Waals surface area (Å²) in [5.74, 6) is -0.616. The normalized spacial score (nSPS) is 16.3. The van der Waals surface area contributed by atoms with Crippen molar-refractivity contribution in [3.8, 4) is 0 Å². The summed E-state index contributed by atoms with van der Waals surface area (Å²) in [6.07, 6.45) is 2.55. The van der Waals surface area contributed by atoms with Crippen molar-refractivity contribution in [2.45, 2.75) is 25.3 Å². The molecular weight excluding hydrogens is 240 g/mol. The van der Waals surface area contributed by atoms with Crippen molar-refractivity contribution in [3.05, 3.63) is 28.0 Å². The van der Waals surface area contributed by atoms with Crippen molar-refractivity contribution in [3.63, 3.8) is 0 Å². The third kappa shape index (κ3) is 2.86. The van der Waals surface area contributed by atoms with Crippen LogP contribution in [0.1, 0.15) is 29.8 Å². The lowest BCUT2D eigenvalue weighted by Gasteiger charge is -2.15. The van der Waals surface area contributed by atoms with Gasteiger partial charge in [0.05, 0.1) is 6.07 Å². The van der Waals surface area contributed by atoms with Gasteiger partial charge in [0, 0.05) is 12.6 Å². The van der Waals surface area contributed by atoms with Crippen LogP contribution in [0, 0.1) is 16.0 Å². The maximum atomic E-state index is 11.8. The lowest BCUT2D eigenvalue weighted by molar-refractivity contribution is -0.402. The molecule has 2 N–H and O–H groups in total. The molecule has 1 saturated carbocycles. The Balaban J connectivity index is 1.98. The number of furan rings is 1. The summed E-state index contributed by atoms with van der Waals surface area (Å²) in [7, 11) is 0. The highest BCUT2D eigenvalue weighted by Crippen LogP contribution is 2.34. The fraction of sp³-hybridized carbons (Fsp3) is 0.545. The van der Waals surface area contributed by atoms with Gasteiger partial charge in [-0.05, 0) is 31.2 Å². The zero-order valence-corrected chi connectivity index (χ0v) is 9.67. The smallest absolute Gasteiger partial charge is 0.396 e. The van der Waals surface area contributed by atoms with E-state index in [4.69, 9.17) is 9.52 Å². The fourth-order valence-electron chi connectivity index (χ4n) is 1.85. The summed E-state index contributed by atoms with van der Waals surface area (Å²) >= 11 is 0. The topological polar surface area (TPSA) is 106 Å². The predicted octanol–water partition coefficient (Wildman–Crippen LogP) is 1.08. The number of nitro groups is 1. The lowest BCUT2D eigenvalue weighted by atomic mass is 10.1. The second-order valence-electron chi connectivity index (χ2n) is 4.32. The monoisotopic (exact) mass is 254 g/mol. The Morgan fingerprint density at radius 2 is 2.33 bits per heavy atom. The number of rotatable bonds is 6. The molecule has 18 heavy (non-hydrogen) atoms. The minimum absolute atomic E-state index is 0.000249. The summed E-state index contributed by atoms with van der Waals surface area (Å²) in [5.41, 5.74) is 0. The number of carbonyl (C=O) groups is 1. The molecule has 1 fully saturated rings. The van der Waals surface area contributed by atoms with Crippen LogP contribution in [-0.4, -0.2) is 28.6 Å². The molecular formula is C11H14N2O5. The number of nitrogens with one attached hydrogen (secondary N) is 1. The molecule has 0 aliphatic heterocycles. The van der Waals surface area contributed by atoms with Crippen molar-refractivity contribution in [2.24, 2.45) is 5.92 Å². The van der Waals surface area contributed by atoms with Gasteiger partial charge in [0.15, 0.2) is 5.76 Å². The van der Waals surface area contributed by atoms with Gasteiger partial charge >= 0.3 is 5.88 Å². The highest BCUT2D eigenvalue weighted by Gasteiger charge is 2.32. The molecule has 2 rings (SSSR count). The van der Waals surface area contributed by atoms with E-state index in [9.17, 15) is 14.9 Å². The number of hydrogen-bond donors (Lipinski definition) is 2. The molecule has 0 saturated heterocycles. The molecule has 0 aromatic carbocycles. The van der Waals surface area contributed by atoms with E-state index in [2.05, 4.69) is 5.32 Å². The highest BCUT2D eigenvalue weighted by molar-refractivity contribution is 5.91. The van der Waals surface area contributed by atoms with Crippen LogP contribution in [0.2, 0.25) is 0 Å².